The third-order valence-electron chi connectivity index (χ3n) is 4.78. The number of nitrogens with zero attached hydrogens (tertiary/aromatic N) is 1. The minimum atomic E-state index is -0.390. The lowest BCUT2D eigenvalue weighted by atomic mass is 9.89. The van der Waals surface area contributed by atoms with E-state index in [9.17, 15) is 14.9 Å². The summed E-state index contributed by atoms with van der Waals surface area (Å²) in [6.07, 6.45) is 9.27. The SMILES string of the molecule is C[C@@H]1CCc2c(sc(NC(=O)COC(=O)C[C@H]3C=CCC3)c2C#N)C1. The first-order valence-corrected chi connectivity index (χ1v) is 9.55. The fourth-order valence-electron chi connectivity index (χ4n) is 3.40. The van der Waals surface area contributed by atoms with E-state index in [-0.39, 0.29) is 18.5 Å². The minimum Gasteiger partial charge on any atom is -0.456 e. The maximum absolute atomic E-state index is 12.1. The molecule has 0 bridgehead atoms. The normalized spacial score (nSPS) is 21.4. The van der Waals surface area contributed by atoms with Gasteiger partial charge in [0.05, 0.1) is 12.0 Å². The number of nitrogens with one attached hydrogen (secondary N) is 1. The monoisotopic (exact) mass is 358 g/mol. The number of ether oxygens (including phenoxy) is 1. The molecule has 132 valence electrons. The van der Waals surface area contributed by atoms with Gasteiger partial charge in [-0.15, -0.1) is 11.3 Å². The fraction of sp³-hybridized carbons (Fsp3) is 0.526. The van der Waals surface area contributed by atoms with Crippen LogP contribution < -0.4 is 5.32 Å². The lowest BCUT2D eigenvalue weighted by Crippen LogP contribution is -2.21. The van der Waals surface area contributed by atoms with Crippen molar-refractivity contribution in [3.05, 3.63) is 28.2 Å². The van der Waals surface area contributed by atoms with E-state index < -0.39 is 5.91 Å². The largest absolute Gasteiger partial charge is 0.456 e. The molecule has 0 unspecified atom stereocenters. The lowest BCUT2D eigenvalue weighted by Gasteiger charge is -2.17. The van der Waals surface area contributed by atoms with Crippen molar-refractivity contribution in [2.75, 3.05) is 11.9 Å². The Morgan fingerprint density at radius 1 is 1.44 bits per heavy atom. The summed E-state index contributed by atoms with van der Waals surface area (Å²) in [6.45, 7) is 1.89. The van der Waals surface area contributed by atoms with Crippen LogP contribution >= 0.6 is 11.3 Å². The van der Waals surface area contributed by atoms with E-state index in [1.165, 1.54) is 16.2 Å². The van der Waals surface area contributed by atoms with Gasteiger partial charge in [0, 0.05) is 4.88 Å². The summed E-state index contributed by atoms with van der Waals surface area (Å²) >= 11 is 1.47. The van der Waals surface area contributed by atoms with Crippen LogP contribution in [0.2, 0.25) is 0 Å². The van der Waals surface area contributed by atoms with E-state index in [1.807, 2.05) is 6.08 Å². The summed E-state index contributed by atoms with van der Waals surface area (Å²) in [6, 6.07) is 2.22. The number of anilines is 1. The summed E-state index contributed by atoms with van der Waals surface area (Å²) in [5.74, 6) is 0.0866. The summed E-state index contributed by atoms with van der Waals surface area (Å²) in [5, 5.41) is 12.8. The van der Waals surface area contributed by atoms with E-state index >= 15 is 0 Å². The van der Waals surface area contributed by atoms with Crippen LogP contribution in [0.5, 0.6) is 0 Å². The maximum atomic E-state index is 12.1. The zero-order valence-electron chi connectivity index (χ0n) is 14.3. The molecule has 0 radical (unpaired) electrons. The molecule has 2 atom stereocenters. The molecule has 0 saturated carbocycles. The number of carbonyl (C=O) groups is 2. The highest BCUT2D eigenvalue weighted by atomic mass is 32.1. The number of fused-ring (bicyclic) bond motifs is 1. The van der Waals surface area contributed by atoms with Crippen LogP contribution in [-0.2, 0) is 27.2 Å². The number of amides is 1. The van der Waals surface area contributed by atoms with Crippen LogP contribution in [0.1, 0.15) is 48.6 Å². The predicted octanol–water partition coefficient (Wildman–Crippen LogP) is 3.58. The number of esters is 1. The number of nitriles is 1. The van der Waals surface area contributed by atoms with Gasteiger partial charge in [0.25, 0.3) is 5.91 Å². The summed E-state index contributed by atoms with van der Waals surface area (Å²) in [7, 11) is 0. The number of allylic oxidation sites excluding steroid dienone is 2. The van der Waals surface area contributed by atoms with Crippen molar-refractivity contribution in [2.24, 2.45) is 11.8 Å². The van der Waals surface area contributed by atoms with Gasteiger partial charge in [-0.1, -0.05) is 19.1 Å². The molecule has 0 aromatic carbocycles. The van der Waals surface area contributed by atoms with E-state index in [4.69, 9.17) is 4.74 Å². The molecule has 0 spiro atoms. The third kappa shape index (κ3) is 4.29. The van der Waals surface area contributed by atoms with Crippen molar-refractivity contribution >= 4 is 28.2 Å². The van der Waals surface area contributed by atoms with Gasteiger partial charge in [-0.2, -0.15) is 5.26 Å². The molecule has 2 aliphatic rings. The van der Waals surface area contributed by atoms with Gasteiger partial charge in [0.2, 0.25) is 0 Å². The van der Waals surface area contributed by atoms with E-state index in [1.54, 1.807) is 0 Å². The Hall–Kier alpha value is -2.13. The molecule has 0 fully saturated rings. The first kappa shape index (κ1) is 17.7. The maximum Gasteiger partial charge on any atom is 0.306 e. The smallest absolute Gasteiger partial charge is 0.306 e. The summed E-state index contributed by atoms with van der Waals surface area (Å²) in [5.41, 5.74) is 1.65. The van der Waals surface area contributed by atoms with Crippen molar-refractivity contribution in [1.82, 2.24) is 0 Å². The van der Waals surface area contributed by atoms with E-state index in [0.717, 1.165) is 37.7 Å². The lowest BCUT2D eigenvalue weighted by molar-refractivity contribution is -0.147. The molecule has 0 aliphatic heterocycles. The molecule has 1 amide bonds. The second kappa shape index (κ2) is 7.83. The molecule has 2 aliphatic carbocycles. The van der Waals surface area contributed by atoms with Crippen molar-refractivity contribution in [2.45, 2.75) is 45.4 Å². The zero-order chi connectivity index (χ0) is 17.8. The van der Waals surface area contributed by atoms with Crippen LogP contribution in [-0.4, -0.2) is 18.5 Å². The number of hydrogen-bond acceptors (Lipinski definition) is 5. The number of carbonyl (C=O) groups excluding carboxylic acids is 2. The van der Waals surface area contributed by atoms with Crippen molar-refractivity contribution < 1.29 is 14.3 Å². The van der Waals surface area contributed by atoms with Gasteiger partial charge < -0.3 is 10.1 Å². The first-order valence-electron chi connectivity index (χ1n) is 8.73. The molecule has 5 nitrogen and oxygen atoms in total. The van der Waals surface area contributed by atoms with Crippen LogP contribution in [0, 0.1) is 23.2 Å². The zero-order valence-corrected chi connectivity index (χ0v) is 15.2. The average Bonchev–Trinajstić information content (AvgIpc) is 3.19. The van der Waals surface area contributed by atoms with Crippen LogP contribution in [0.25, 0.3) is 0 Å². The van der Waals surface area contributed by atoms with Crippen molar-refractivity contribution in [3.63, 3.8) is 0 Å². The van der Waals surface area contributed by atoms with Gasteiger partial charge in [-0.25, -0.2) is 0 Å². The molecule has 6 heteroatoms. The van der Waals surface area contributed by atoms with Crippen LogP contribution in [0.15, 0.2) is 12.2 Å². The van der Waals surface area contributed by atoms with Gasteiger partial charge in [-0.3, -0.25) is 9.59 Å². The molecule has 0 saturated heterocycles. The molecule has 1 aromatic heterocycles. The number of thiophene rings is 1. The van der Waals surface area contributed by atoms with E-state index in [2.05, 4.69) is 24.4 Å². The van der Waals surface area contributed by atoms with Gasteiger partial charge in [-0.05, 0) is 49.5 Å². The second-order valence-electron chi connectivity index (χ2n) is 6.85. The Labute approximate surface area is 151 Å². The van der Waals surface area contributed by atoms with Gasteiger partial charge >= 0.3 is 5.97 Å². The first-order chi connectivity index (χ1) is 12.1. The quantitative estimate of drug-likeness (QED) is 0.644. The Bertz CT molecular complexity index is 745. The third-order valence-corrected chi connectivity index (χ3v) is 5.95. The molecule has 1 N–H and O–H groups in total. The van der Waals surface area contributed by atoms with Crippen LogP contribution in [0.4, 0.5) is 5.00 Å². The summed E-state index contributed by atoms with van der Waals surface area (Å²) in [4.78, 5) is 25.1. The molecular formula is C19H22N2O3S. The minimum absolute atomic E-state index is 0.228. The van der Waals surface area contributed by atoms with Crippen molar-refractivity contribution in [3.8, 4) is 6.07 Å². The fourth-order valence-corrected chi connectivity index (χ4v) is 4.78. The topological polar surface area (TPSA) is 79.2 Å². The average molecular weight is 358 g/mol. The highest BCUT2D eigenvalue weighted by Gasteiger charge is 2.25. The standard InChI is InChI=1S/C19H22N2O3S/c1-12-6-7-14-15(10-20)19(25-16(14)8-12)21-17(22)11-24-18(23)9-13-4-2-3-5-13/h2,4,12-13H,3,5-9,11H2,1H3,(H,21,22)/t12-,13+/m1/s1. The second-order valence-corrected chi connectivity index (χ2v) is 7.95. The Morgan fingerprint density at radius 2 is 2.28 bits per heavy atom. The summed E-state index contributed by atoms with van der Waals surface area (Å²) < 4.78 is 5.07. The van der Waals surface area contributed by atoms with Gasteiger partial charge in [0.15, 0.2) is 6.61 Å². The van der Waals surface area contributed by atoms with Crippen LogP contribution in [0.3, 0.4) is 0 Å². The highest BCUT2D eigenvalue weighted by molar-refractivity contribution is 7.16. The predicted molar refractivity (Wildman–Crippen MR) is 96.3 cm³/mol. The highest BCUT2D eigenvalue weighted by Crippen LogP contribution is 2.39. The molecular weight excluding hydrogens is 336 g/mol. The molecule has 3 rings (SSSR count). The molecule has 25 heavy (non-hydrogen) atoms. The Balaban J connectivity index is 1.55. The van der Waals surface area contributed by atoms with Crippen molar-refractivity contribution in [1.29, 1.82) is 5.26 Å². The van der Waals surface area contributed by atoms with E-state index in [0.29, 0.717) is 22.9 Å². The number of hydrogen-bond donors (Lipinski definition) is 1. The Morgan fingerprint density at radius 3 is 3.00 bits per heavy atom. The van der Waals surface area contributed by atoms with Gasteiger partial charge in [0.1, 0.15) is 11.1 Å². The molecule has 1 aromatic rings. The number of rotatable bonds is 5. The Kier molecular flexibility index (Phi) is 5.54. The molecule has 1 heterocycles.